The van der Waals surface area contributed by atoms with E-state index in [0.29, 0.717) is 24.8 Å². The molecule has 0 aromatic heterocycles. The molecule has 1 N–H and O–H groups in total. The van der Waals surface area contributed by atoms with Crippen LogP contribution in [0.15, 0.2) is 24.3 Å². The Balaban J connectivity index is 1.23. The van der Waals surface area contributed by atoms with Gasteiger partial charge >= 0.3 is 6.18 Å². The van der Waals surface area contributed by atoms with Gasteiger partial charge in [0.15, 0.2) is 0 Å². The van der Waals surface area contributed by atoms with Crippen molar-refractivity contribution in [3.63, 3.8) is 0 Å². The highest BCUT2D eigenvalue weighted by atomic mass is 32.2. The van der Waals surface area contributed by atoms with E-state index in [4.69, 9.17) is 5.26 Å². The predicted molar refractivity (Wildman–Crippen MR) is 127 cm³/mol. The van der Waals surface area contributed by atoms with Crippen molar-refractivity contribution < 1.29 is 31.2 Å². The fourth-order valence-corrected chi connectivity index (χ4v) is 7.14. The number of rotatable bonds is 6. The lowest BCUT2D eigenvalue weighted by Gasteiger charge is -2.41. The van der Waals surface area contributed by atoms with Crippen LogP contribution in [0.5, 0.6) is 0 Å². The first-order valence-corrected chi connectivity index (χ1v) is 13.8. The van der Waals surface area contributed by atoms with Crippen LogP contribution in [0.1, 0.15) is 30.4 Å². The van der Waals surface area contributed by atoms with Gasteiger partial charge in [0.05, 0.1) is 29.4 Å². The Labute approximate surface area is 218 Å². The first-order valence-electron chi connectivity index (χ1n) is 12.4. The van der Waals surface area contributed by atoms with Crippen molar-refractivity contribution in [3.05, 3.63) is 35.4 Å². The molecule has 0 radical (unpaired) electrons. The highest BCUT2D eigenvalue weighted by Gasteiger charge is 2.51. The highest BCUT2D eigenvalue weighted by molar-refractivity contribution is 7.86. The lowest BCUT2D eigenvalue weighted by molar-refractivity contribution is -0.143. The molecule has 4 atom stereocenters. The summed E-state index contributed by atoms with van der Waals surface area (Å²) in [6, 6.07) is 5.31. The van der Waals surface area contributed by atoms with Crippen molar-refractivity contribution in [1.29, 1.82) is 5.26 Å². The van der Waals surface area contributed by atoms with Crippen molar-refractivity contribution in [1.82, 2.24) is 18.8 Å². The largest absolute Gasteiger partial charge is 0.416 e. The zero-order valence-electron chi connectivity index (χ0n) is 20.3. The first kappa shape index (κ1) is 26.5. The van der Waals surface area contributed by atoms with E-state index in [1.165, 1.54) is 25.6 Å². The molecule has 1 aliphatic carbocycles. The summed E-state index contributed by atoms with van der Waals surface area (Å²) in [5.41, 5.74) is -0.296. The lowest BCUT2D eigenvalue weighted by atomic mass is 9.92. The Morgan fingerprint density at radius 3 is 2.42 bits per heavy atom. The number of halogens is 3. The fourth-order valence-electron chi connectivity index (χ4n) is 5.35. The molecule has 9 nitrogen and oxygen atoms in total. The summed E-state index contributed by atoms with van der Waals surface area (Å²) < 4.78 is 66.9. The van der Waals surface area contributed by atoms with Gasteiger partial charge in [0.2, 0.25) is 11.8 Å². The molecule has 0 unspecified atom stereocenters. The number of carbonyl (C=O) groups excluding carboxylic acids is 2. The molecular weight excluding hydrogens is 523 g/mol. The number of benzene rings is 1. The maximum absolute atomic E-state index is 13.6. The van der Waals surface area contributed by atoms with Crippen molar-refractivity contribution in [2.24, 2.45) is 17.8 Å². The van der Waals surface area contributed by atoms with E-state index in [0.717, 1.165) is 12.1 Å². The quantitative estimate of drug-likeness (QED) is 0.538. The van der Waals surface area contributed by atoms with Gasteiger partial charge in [0.1, 0.15) is 12.1 Å². The van der Waals surface area contributed by atoms with E-state index in [1.807, 2.05) is 6.07 Å². The van der Waals surface area contributed by atoms with Crippen LogP contribution >= 0.6 is 0 Å². The number of carbonyl (C=O) groups is 2. The van der Waals surface area contributed by atoms with Gasteiger partial charge in [0.25, 0.3) is 10.2 Å². The predicted octanol–water partition coefficient (Wildman–Crippen LogP) is 1.34. The molecule has 3 aliphatic heterocycles. The summed E-state index contributed by atoms with van der Waals surface area (Å²) in [5.74, 6) is 4.07. The average molecular weight is 550 g/mol. The molecule has 3 saturated heterocycles. The molecule has 0 bridgehead atoms. The molecule has 3 heterocycles. The molecule has 0 saturated carbocycles. The van der Waals surface area contributed by atoms with Gasteiger partial charge in [-0.2, -0.15) is 35.5 Å². The number of fused-ring (bicyclic) bond motifs is 1. The number of hydrogen-bond acceptors (Lipinski definition) is 5. The van der Waals surface area contributed by atoms with Gasteiger partial charge in [-0.15, -0.1) is 0 Å². The average Bonchev–Trinajstić information content (AvgIpc) is 3.11. The van der Waals surface area contributed by atoms with Crippen LogP contribution in [0, 0.1) is 40.9 Å². The second-order valence-electron chi connectivity index (χ2n) is 10.1. The Morgan fingerprint density at radius 2 is 1.82 bits per heavy atom. The van der Waals surface area contributed by atoms with Gasteiger partial charge in [-0.1, -0.05) is 24.0 Å². The number of nitriles is 1. The molecule has 13 heteroatoms. The number of nitrogens with one attached hydrogen (secondary N) is 1. The summed E-state index contributed by atoms with van der Waals surface area (Å²) in [5, 5.41) is 11.7. The van der Waals surface area contributed by atoms with E-state index < -0.39 is 45.9 Å². The highest BCUT2D eigenvalue weighted by Crippen LogP contribution is 2.37. The van der Waals surface area contributed by atoms with Crippen LogP contribution in [0.3, 0.4) is 0 Å². The number of hydrogen-bond donors (Lipinski definition) is 1. The molecular formula is C25H26F3N5O4S. The molecule has 5 rings (SSSR count). The summed E-state index contributed by atoms with van der Waals surface area (Å²) in [6.45, 7) is 0.556. The second-order valence-corrected chi connectivity index (χ2v) is 12.0. The molecule has 1 aromatic carbocycles. The summed E-state index contributed by atoms with van der Waals surface area (Å²) >= 11 is 0. The third kappa shape index (κ3) is 4.86. The SMILES string of the molecule is N#CC1CN(S(=O)(=O)N2CCC[C@H](C(=O)N3[C@@H]4C#C[C@@H]4C[C@H]3C(=O)NCc3ccc(C(F)(F)F)cc3)C2)C1. The van der Waals surface area contributed by atoms with Crippen LogP contribution in [0.25, 0.3) is 0 Å². The van der Waals surface area contributed by atoms with Crippen molar-refractivity contribution in [2.45, 2.75) is 44.1 Å². The van der Waals surface area contributed by atoms with Crippen LogP contribution in [-0.2, 0) is 32.5 Å². The van der Waals surface area contributed by atoms with E-state index in [2.05, 4.69) is 17.2 Å². The zero-order chi connectivity index (χ0) is 27.2. The van der Waals surface area contributed by atoms with E-state index >= 15 is 0 Å². The number of piperidine rings is 1. The standard InChI is InChI=1S/C25H26F3N5O4S/c26-25(27,28)20-6-3-16(4-7-20)12-30-23(34)22-10-18-5-8-21(18)33(22)24(35)19-2-1-9-31(15-19)38(36,37)32-13-17(11-29)14-32/h3-4,6-7,17-19,21-22H,1-2,9-10,12-15H2,(H,30,34)/t18-,19+,21-,22+/m1/s1. The van der Waals surface area contributed by atoms with Crippen molar-refractivity contribution in [3.8, 4) is 17.9 Å². The van der Waals surface area contributed by atoms with E-state index in [1.54, 1.807) is 0 Å². The molecule has 3 fully saturated rings. The summed E-state index contributed by atoms with van der Waals surface area (Å²) in [4.78, 5) is 28.2. The molecule has 38 heavy (non-hydrogen) atoms. The zero-order valence-corrected chi connectivity index (χ0v) is 21.1. The minimum Gasteiger partial charge on any atom is -0.350 e. The van der Waals surface area contributed by atoms with Gasteiger partial charge in [-0.05, 0) is 37.0 Å². The summed E-state index contributed by atoms with van der Waals surface area (Å²) in [7, 11) is -3.78. The Kier molecular flexibility index (Phi) is 6.88. The Morgan fingerprint density at radius 1 is 1.11 bits per heavy atom. The van der Waals surface area contributed by atoms with Crippen LogP contribution in [0.2, 0.25) is 0 Å². The van der Waals surface area contributed by atoms with Gasteiger partial charge in [0, 0.05) is 32.7 Å². The third-order valence-electron chi connectivity index (χ3n) is 7.63. The van der Waals surface area contributed by atoms with E-state index in [9.17, 15) is 31.2 Å². The van der Waals surface area contributed by atoms with Crippen molar-refractivity contribution in [2.75, 3.05) is 26.2 Å². The number of nitrogens with zero attached hydrogens (tertiary/aromatic N) is 4. The second kappa shape index (κ2) is 9.88. The number of amides is 2. The lowest BCUT2D eigenvalue weighted by Crippen LogP contribution is -2.58. The smallest absolute Gasteiger partial charge is 0.350 e. The normalized spacial score (nSPS) is 27.8. The maximum atomic E-state index is 13.6. The third-order valence-corrected chi connectivity index (χ3v) is 9.57. The van der Waals surface area contributed by atoms with Gasteiger partial charge in [-0.3, -0.25) is 9.59 Å². The number of likely N-dealkylation sites (tertiary alicyclic amines) is 1. The van der Waals surface area contributed by atoms with Gasteiger partial charge in [-0.25, -0.2) is 0 Å². The van der Waals surface area contributed by atoms with Crippen molar-refractivity contribution >= 4 is 22.0 Å². The molecule has 202 valence electrons. The molecule has 1 aromatic rings. The number of alkyl halides is 3. The molecule has 4 aliphatic rings. The Hall–Kier alpha value is -3.13. The molecule has 0 spiro atoms. The van der Waals surface area contributed by atoms with Crippen LogP contribution in [-0.4, -0.2) is 72.0 Å². The van der Waals surface area contributed by atoms with Crippen LogP contribution in [0.4, 0.5) is 13.2 Å². The maximum Gasteiger partial charge on any atom is 0.416 e. The van der Waals surface area contributed by atoms with E-state index in [-0.39, 0.29) is 50.5 Å². The minimum atomic E-state index is -4.45. The van der Waals surface area contributed by atoms with Crippen LogP contribution < -0.4 is 5.32 Å². The first-order chi connectivity index (χ1) is 18.0. The van der Waals surface area contributed by atoms with Gasteiger partial charge < -0.3 is 10.2 Å². The topological polar surface area (TPSA) is 114 Å². The Bertz CT molecular complexity index is 1330. The molecule has 2 amide bonds. The monoisotopic (exact) mass is 549 g/mol. The summed E-state index contributed by atoms with van der Waals surface area (Å²) in [6.07, 6.45) is -3.13. The minimum absolute atomic E-state index is 0.000662. The fraction of sp³-hybridized carbons (Fsp3) is 0.560.